The average molecular weight is 264 g/mol. The molecule has 1 aromatic rings. The van der Waals surface area contributed by atoms with E-state index >= 15 is 0 Å². The third-order valence-electron chi connectivity index (χ3n) is 3.64. The third kappa shape index (κ3) is 4.31. The van der Waals surface area contributed by atoms with Gasteiger partial charge in [-0.05, 0) is 56.0 Å². The SMILES string of the molecule is Cc1cc(CNC(=O)CC2CCNCC2)ccc1F. The molecule has 1 aliphatic heterocycles. The van der Waals surface area contributed by atoms with Crippen molar-refractivity contribution in [3.8, 4) is 0 Å². The van der Waals surface area contributed by atoms with Gasteiger partial charge in [0.15, 0.2) is 0 Å². The van der Waals surface area contributed by atoms with E-state index < -0.39 is 0 Å². The first-order valence-corrected chi connectivity index (χ1v) is 6.87. The van der Waals surface area contributed by atoms with Crippen LogP contribution in [0.1, 0.15) is 30.4 Å². The molecule has 4 heteroatoms. The van der Waals surface area contributed by atoms with Crippen molar-refractivity contribution in [3.63, 3.8) is 0 Å². The number of amides is 1. The first-order valence-electron chi connectivity index (χ1n) is 6.87. The van der Waals surface area contributed by atoms with Gasteiger partial charge >= 0.3 is 0 Å². The van der Waals surface area contributed by atoms with Gasteiger partial charge in [0.1, 0.15) is 5.82 Å². The zero-order chi connectivity index (χ0) is 13.7. The molecule has 1 heterocycles. The fourth-order valence-corrected chi connectivity index (χ4v) is 2.44. The maximum absolute atomic E-state index is 13.1. The van der Waals surface area contributed by atoms with E-state index in [4.69, 9.17) is 0 Å². The van der Waals surface area contributed by atoms with Gasteiger partial charge in [0.05, 0.1) is 0 Å². The maximum Gasteiger partial charge on any atom is 0.220 e. The molecule has 3 nitrogen and oxygen atoms in total. The average Bonchev–Trinajstić information content (AvgIpc) is 2.41. The molecule has 2 rings (SSSR count). The summed E-state index contributed by atoms with van der Waals surface area (Å²) in [6.07, 6.45) is 2.74. The molecule has 0 unspecified atom stereocenters. The van der Waals surface area contributed by atoms with E-state index in [0.29, 0.717) is 24.4 Å². The summed E-state index contributed by atoms with van der Waals surface area (Å²) < 4.78 is 13.1. The fraction of sp³-hybridized carbons (Fsp3) is 0.533. The number of nitrogens with one attached hydrogen (secondary N) is 2. The highest BCUT2D eigenvalue weighted by atomic mass is 19.1. The van der Waals surface area contributed by atoms with E-state index in [-0.39, 0.29) is 11.7 Å². The predicted octanol–water partition coefficient (Wildman–Crippen LogP) is 2.14. The molecule has 0 aliphatic carbocycles. The van der Waals surface area contributed by atoms with Gasteiger partial charge in [0.25, 0.3) is 0 Å². The van der Waals surface area contributed by atoms with Crippen LogP contribution in [-0.4, -0.2) is 19.0 Å². The lowest BCUT2D eigenvalue weighted by Crippen LogP contribution is -2.32. The minimum atomic E-state index is -0.204. The summed E-state index contributed by atoms with van der Waals surface area (Å²) in [4.78, 5) is 11.8. The van der Waals surface area contributed by atoms with Crippen molar-refractivity contribution in [1.29, 1.82) is 0 Å². The second-order valence-electron chi connectivity index (χ2n) is 5.26. The number of aryl methyl sites for hydroxylation is 1. The Morgan fingerprint density at radius 1 is 1.42 bits per heavy atom. The van der Waals surface area contributed by atoms with Gasteiger partial charge in [-0.15, -0.1) is 0 Å². The summed E-state index contributed by atoms with van der Waals surface area (Å²) >= 11 is 0. The van der Waals surface area contributed by atoms with Gasteiger partial charge in [-0.25, -0.2) is 4.39 Å². The van der Waals surface area contributed by atoms with E-state index in [9.17, 15) is 9.18 Å². The van der Waals surface area contributed by atoms with Crippen molar-refractivity contribution in [2.75, 3.05) is 13.1 Å². The van der Waals surface area contributed by atoms with Crippen molar-refractivity contribution in [3.05, 3.63) is 35.1 Å². The van der Waals surface area contributed by atoms with E-state index in [0.717, 1.165) is 31.5 Å². The topological polar surface area (TPSA) is 41.1 Å². The van der Waals surface area contributed by atoms with Crippen LogP contribution in [0.3, 0.4) is 0 Å². The lowest BCUT2D eigenvalue weighted by molar-refractivity contribution is -0.122. The summed E-state index contributed by atoms with van der Waals surface area (Å²) in [5, 5.41) is 6.20. The smallest absolute Gasteiger partial charge is 0.220 e. The summed E-state index contributed by atoms with van der Waals surface area (Å²) in [6.45, 7) is 4.23. The molecule has 0 aromatic heterocycles. The van der Waals surface area contributed by atoms with Gasteiger partial charge in [0.2, 0.25) is 5.91 Å². The highest BCUT2D eigenvalue weighted by Gasteiger charge is 2.16. The maximum atomic E-state index is 13.1. The van der Waals surface area contributed by atoms with Crippen molar-refractivity contribution in [2.45, 2.75) is 32.7 Å². The summed E-state index contributed by atoms with van der Waals surface area (Å²) in [6, 6.07) is 4.94. The van der Waals surface area contributed by atoms with Gasteiger partial charge in [-0.2, -0.15) is 0 Å². The Labute approximate surface area is 113 Å². The standard InChI is InChI=1S/C15H21FN2O/c1-11-8-13(2-3-14(11)16)10-18-15(19)9-12-4-6-17-7-5-12/h2-3,8,12,17H,4-7,9-10H2,1H3,(H,18,19). The second-order valence-corrected chi connectivity index (χ2v) is 5.26. The van der Waals surface area contributed by atoms with E-state index in [1.807, 2.05) is 0 Å². The van der Waals surface area contributed by atoms with Crippen LogP contribution in [0.15, 0.2) is 18.2 Å². The minimum Gasteiger partial charge on any atom is -0.352 e. The lowest BCUT2D eigenvalue weighted by Gasteiger charge is -2.21. The molecule has 1 saturated heterocycles. The number of carbonyl (C=O) groups is 1. The number of halogens is 1. The second kappa shape index (κ2) is 6.66. The van der Waals surface area contributed by atoms with Crippen molar-refractivity contribution >= 4 is 5.91 Å². The monoisotopic (exact) mass is 264 g/mol. The Morgan fingerprint density at radius 3 is 2.84 bits per heavy atom. The number of hydrogen-bond acceptors (Lipinski definition) is 2. The molecule has 104 valence electrons. The number of benzene rings is 1. The zero-order valence-electron chi connectivity index (χ0n) is 11.3. The van der Waals surface area contributed by atoms with Gasteiger partial charge in [-0.3, -0.25) is 4.79 Å². The summed E-state index contributed by atoms with van der Waals surface area (Å²) in [7, 11) is 0. The number of rotatable bonds is 4. The molecule has 0 spiro atoms. The Balaban J connectivity index is 1.77. The van der Waals surface area contributed by atoms with Crippen molar-refractivity contribution in [1.82, 2.24) is 10.6 Å². The number of hydrogen-bond donors (Lipinski definition) is 2. The first-order chi connectivity index (χ1) is 9.15. The van der Waals surface area contributed by atoms with Crippen LogP contribution in [0.5, 0.6) is 0 Å². The molecule has 1 fully saturated rings. The number of carbonyl (C=O) groups excluding carboxylic acids is 1. The molecule has 0 saturated carbocycles. The molecular formula is C15H21FN2O. The Kier molecular flexibility index (Phi) is 4.91. The Bertz CT molecular complexity index is 442. The fourth-order valence-electron chi connectivity index (χ4n) is 2.44. The minimum absolute atomic E-state index is 0.0916. The number of piperidine rings is 1. The van der Waals surface area contributed by atoms with Gasteiger partial charge in [0, 0.05) is 13.0 Å². The molecule has 1 amide bonds. The predicted molar refractivity (Wildman–Crippen MR) is 73.2 cm³/mol. The van der Waals surface area contributed by atoms with Crippen LogP contribution in [0.2, 0.25) is 0 Å². The van der Waals surface area contributed by atoms with Gasteiger partial charge in [-0.1, -0.05) is 12.1 Å². The van der Waals surface area contributed by atoms with Crippen molar-refractivity contribution < 1.29 is 9.18 Å². The van der Waals surface area contributed by atoms with Crippen LogP contribution >= 0.6 is 0 Å². The van der Waals surface area contributed by atoms with E-state index in [2.05, 4.69) is 10.6 Å². The summed E-state index contributed by atoms with van der Waals surface area (Å²) in [5.41, 5.74) is 1.56. The van der Waals surface area contributed by atoms with Crippen LogP contribution in [-0.2, 0) is 11.3 Å². The quantitative estimate of drug-likeness (QED) is 0.875. The molecule has 1 aliphatic rings. The molecule has 2 N–H and O–H groups in total. The van der Waals surface area contributed by atoms with E-state index in [1.165, 1.54) is 6.07 Å². The van der Waals surface area contributed by atoms with Crippen molar-refractivity contribution in [2.24, 2.45) is 5.92 Å². The molecular weight excluding hydrogens is 243 g/mol. The largest absolute Gasteiger partial charge is 0.352 e. The third-order valence-corrected chi connectivity index (χ3v) is 3.64. The zero-order valence-corrected chi connectivity index (χ0v) is 11.3. The van der Waals surface area contributed by atoms with Crippen LogP contribution in [0, 0.1) is 18.7 Å². The first kappa shape index (κ1) is 14.0. The molecule has 0 bridgehead atoms. The highest BCUT2D eigenvalue weighted by Crippen LogP contribution is 2.15. The van der Waals surface area contributed by atoms with Gasteiger partial charge < -0.3 is 10.6 Å². The van der Waals surface area contributed by atoms with Crippen LogP contribution in [0.25, 0.3) is 0 Å². The lowest BCUT2D eigenvalue weighted by atomic mass is 9.94. The molecule has 0 atom stereocenters. The summed E-state index contributed by atoms with van der Waals surface area (Å²) in [5.74, 6) is 0.384. The normalized spacial score (nSPS) is 16.3. The Hall–Kier alpha value is -1.42. The van der Waals surface area contributed by atoms with Crippen LogP contribution < -0.4 is 10.6 Å². The molecule has 1 aromatic carbocycles. The van der Waals surface area contributed by atoms with Crippen LogP contribution in [0.4, 0.5) is 4.39 Å². The Morgan fingerprint density at radius 2 is 2.16 bits per heavy atom. The molecule has 19 heavy (non-hydrogen) atoms. The van der Waals surface area contributed by atoms with E-state index in [1.54, 1.807) is 19.1 Å². The molecule has 0 radical (unpaired) electrons. The highest BCUT2D eigenvalue weighted by molar-refractivity contribution is 5.76.